The number of aliphatic carboxylic acids is 1. The Labute approximate surface area is 141 Å². The van der Waals surface area contributed by atoms with Gasteiger partial charge in [-0.25, -0.2) is 9.18 Å². The molecule has 2 rings (SSSR count). The maximum atomic E-state index is 13.0. The van der Waals surface area contributed by atoms with Gasteiger partial charge in [0.25, 0.3) is 0 Å². The van der Waals surface area contributed by atoms with Crippen LogP contribution in [0.15, 0.2) is 24.3 Å². The lowest BCUT2D eigenvalue weighted by Gasteiger charge is -2.32. The fraction of sp³-hybridized carbons (Fsp3) is 0.500. The van der Waals surface area contributed by atoms with Crippen molar-refractivity contribution in [2.75, 3.05) is 13.1 Å². The van der Waals surface area contributed by atoms with Gasteiger partial charge < -0.3 is 15.3 Å². The number of hydrogen-bond donors (Lipinski definition) is 2. The number of carboxylic acid groups (broad SMARTS) is 1. The van der Waals surface area contributed by atoms with Crippen molar-refractivity contribution in [3.8, 4) is 0 Å². The van der Waals surface area contributed by atoms with Crippen molar-refractivity contribution in [2.45, 2.75) is 31.5 Å². The van der Waals surface area contributed by atoms with Crippen LogP contribution < -0.4 is 5.32 Å². The van der Waals surface area contributed by atoms with Crippen molar-refractivity contribution in [1.29, 1.82) is 0 Å². The number of nitrogens with zero attached hydrogens (tertiary/aromatic N) is 1. The van der Waals surface area contributed by atoms with Crippen LogP contribution in [0.2, 0.25) is 0 Å². The van der Waals surface area contributed by atoms with E-state index in [2.05, 4.69) is 5.32 Å². The van der Waals surface area contributed by atoms with E-state index in [4.69, 9.17) is 5.11 Å². The Morgan fingerprint density at radius 3 is 2.24 bits per heavy atom. The Morgan fingerprint density at radius 1 is 1.20 bits per heavy atom. The molecule has 5 nitrogen and oxygen atoms in total. The fourth-order valence-electron chi connectivity index (χ4n) is 2.75. The SMILES string of the molecule is O=C(O)C1CCN(C(=O)NC(CC(F)(F)F)c2ccc(F)cc2)CC1. The van der Waals surface area contributed by atoms with Gasteiger partial charge in [-0.05, 0) is 30.5 Å². The number of alkyl halides is 3. The normalized spacial score (nSPS) is 17.2. The molecule has 0 radical (unpaired) electrons. The maximum absolute atomic E-state index is 13.0. The molecule has 1 heterocycles. The van der Waals surface area contributed by atoms with E-state index in [0.717, 1.165) is 12.1 Å². The molecular formula is C16H18F4N2O3. The summed E-state index contributed by atoms with van der Waals surface area (Å²) in [6.45, 7) is 0.315. The highest BCUT2D eigenvalue weighted by molar-refractivity contribution is 5.76. The Morgan fingerprint density at radius 2 is 1.76 bits per heavy atom. The smallest absolute Gasteiger partial charge is 0.391 e. The molecule has 1 aliphatic rings. The number of carbonyl (C=O) groups is 2. The van der Waals surface area contributed by atoms with Crippen molar-refractivity contribution in [1.82, 2.24) is 10.2 Å². The summed E-state index contributed by atoms with van der Waals surface area (Å²) in [5, 5.41) is 11.3. The van der Waals surface area contributed by atoms with E-state index in [1.165, 1.54) is 17.0 Å². The van der Waals surface area contributed by atoms with Gasteiger partial charge in [0.2, 0.25) is 0 Å². The minimum Gasteiger partial charge on any atom is -0.481 e. The number of hydrogen-bond acceptors (Lipinski definition) is 2. The number of rotatable bonds is 4. The van der Waals surface area contributed by atoms with Crippen molar-refractivity contribution in [2.24, 2.45) is 5.92 Å². The zero-order chi connectivity index (χ0) is 18.6. The summed E-state index contributed by atoms with van der Waals surface area (Å²) in [5.74, 6) is -2.08. The molecule has 1 unspecified atom stereocenters. The highest BCUT2D eigenvalue weighted by Gasteiger charge is 2.35. The van der Waals surface area contributed by atoms with E-state index in [1.807, 2.05) is 0 Å². The van der Waals surface area contributed by atoms with Gasteiger partial charge in [-0.1, -0.05) is 12.1 Å². The van der Waals surface area contributed by atoms with Crippen LogP contribution in [-0.2, 0) is 4.79 Å². The molecule has 1 saturated heterocycles. The quantitative estimate of drug-likeness (QED) is 0.808. The van der Waals surface area contributed by atoms with Gasteiger partial charge in [0.05, 0.1) is 18.4 Å². The van der Waals surface area contributed by atoms with E-state index in [1.54, 1.807) is 0 Å². The van der Waals surface area contributed by atoms with Crippen molar-refractivity contribution < 1.29 is 32.3 Å². The van der Waals surface area contributed by atoms with Crippen LogP contribution in [0.4, 0.5) is 22.4 Å². The molecule has 2 N–H and O–H groups in total. The number of amides is 2. The summed E-state index contributed by atoms with van der Waals surface area (Å²) >= 11 is 0. The van der Waals surface area contributed by atoms with Gasteiger partial charge in [0.15, 0.2) is 0 Å². The monoisotopic (exact) mass is 362 g/mol. The van der Waals surface area contributed by atoms with Gasteiger partial charge >= 0.3 is 18.2 Å². The number of likely N-dealkylation sites (tertiary alicyclic amines) is 1. The number of urea groups is 1. The first-order valence-electron chi connectivity index (χ1n) is 7.76. The zero-order valence-corrected chi connectivity index (χ0v) is 13.2. The molecule has 9 heteroatoms. The third kappa shape index (κ3) is 5.61. The molecule has 1 aromatic carbocycles. The third-order valence-corrected chi connectivity index (χ3v) is 4.14. The van der Waals surface area contributed by atoms with Crippen LogP contribution in [-0.4, -0.2) is 41.3 Å². The highest BCUT2D eigenvalue weighted by Crippen LogP contribution is 2.30. The maximum Gasteiger partial charge on any atom is 0.391 e. The van der Waals surface area contributed by atoms with Crippen molar-refractivity contribution in [3.63, 3.8) is 0 Å². The Balaban J connectivity index is 2.04. The van der Waals surface area contributed by atoms with Gasteiger partial charge in [-0.2, -0.15) is 13.2 Å². The first kappa shape index (κ1) is 19.0. The molecule has 0 aliphatic carbocycles. The Hall–Kier alpha value is -2.32. The summed E-state index contributed by atoms with van der Waals surface area (Å²) in [5.41, 5.74) is 0.146. The van der Waals surface area contributed by atoms with Crippen LogP contribution in [0.5, 0.6) is 0 Å². The second-order valence-corrected chi connectivity index (χ2v) is 5.97. The van der Waals surface area contributed by atoms with Crippen LogP contribution in [0.3, 0.4) is 0 Å². The third-order valence-electron chi connectivity index (χ3n) is 4.14. The average molecular weight is 362 g/mol. The number of piperidine rings is 1. The van der Waals surface area contributed by atoms with E-state index in [-0.39, 0.29) is 31.5 Å². The van der Waals surface area contributed by atoms with E-state index in [9.17, 15) is 27.2 Å². The predicted octanol–water partition coefficient (Wildman–Crippen LogP) is 3.33. The van der Waals surface area contributed by atoms with Crippen molar-refractivity contribution >= 4 is 12.0 Å². The lowest BCUT2D eigenvalue weighted by molar-refractivity contribution is -0.143. The molecule has 2 amide bonds. The average Bonchev–Trinajstić information content (AvgIpc) is 2.53. The first-order valence-corrected chi connectivity index (χ1v) is 7.76. The fourth-order valence-corrected chi connectivity index (χ4v) is 2.75. The standard InChI is InChI=1S/C16H18F4N2O3/c17-12-3-1-10(2-4-12)13(9-16(18,19)20)21-15(25)22-7-5-11(6-8-22)14(23)24/h1-4,11,13H,5-9H2,(H,21,25)(H,23,24). The zero-order valence-electron chi connectivity index (χ0n) is 13.2. The molecule has 1 atom stereocenters. The molecule has 0 saturated carbocycles. The lowest BCUT2D eigenvalue weighted by atomic mass is 9.97. The highest BCUT2D eigenvalue weighted by atomic mass is 19.4. The van der Waals surface area contributed by atoms with E-state index < -0.39 is 42.4 Å². The molecule has 1 fully saturated rings. The molecule has 1 aromatic rings. The van der Waals surface area contributed by atoms with E-state index >= 15 is 0 Å². The first-order chi connectivity index (χ1) is 11.7. The van der Waals surface area contributed by atoms with Gasteiger partial charge in [0.1, 0.15) is 5.82 Å². The van der Waals surface area contributed by atoms with Gasteiger partial charge in [-0.3, -0.25) is 4.79 Å². The molecule has 138 valence electrons. The number of benzene rings is 1. The Bertz CT molecular complexity index is 611. The number of carbonyl (C=O) groups excluding carboxylic acids is 1. The molecule has 25 heavy (non-hydrogen) atoms. The van der Waals surface area contributed by atoms with Crippen LogP contribution >= 0.6 is 0 Å². The van der Waals surface area contributed by atoms with Crippen LogP contribution in [0, 0.1) is 11.7 Å². The topological polar surface area (TPSA) is 69.6 Å². The minimum absolute atomic E-state index is 0.146. The van der Waals surface area contributed by atoms with E-state index in [0.29, 0.717) is 0 Å². The molecular weight excluding hydrogens is 344 g/mol. The molecule has 0 aromatic heterocycles. The lowest BCUT2D eigenvalue weighted by Crippen LogP contribution is -2.47. The van der Waals surface area contributed by atoms with Crippen LogP contribution in [0.1, 0.15) is 30.9 Å². The van der Waals surface area contributed by atoms with Crippen LogP contribution in [0.25, 0.3) is 0 Å². The number of halogens is 4. The second-order valence-electron chi connectivity index (χ2n) is 5.97. The summed E-state index contributed by atoms with van der Waals surface area (Å²) < 4.78 is 51.4. The summed E-state index contributed by atoms with van der Waals surface area (Å²) in [4.78, 5) is 24.4. The minimum atomic E-state index is -4.51. The number of carboxylic acids is 1. The summed E-state index contributed by atoms with van der Waals surface area (Å²) in [6.07, 6.45) is -5.29. The van der Waals surface area contributed by atoms with Gasteiger partial charge in [-0.15, -0.1) is 0 Å². The van der Waals surface area contributed by atoms with Crippen molar-refractivity contribution in [3.05, 3.63) is 35.6 Å². The largest absolute Gasteiger partial charge is 0.481 e. The summed E-state index contributed by atoms with van der Waals surface area (Å²) in [6, 6.07) is 2.42. The number of nitrogens with one attached hydrogen (secondary N) is 1. The van der Waals surface area contributed by atoms with Gasteiger partial charge in [0, 0.05) is 13.1 Å². The summed E-state index contributed by atoms with van der Waals surface area (Å²) in [7, 11) is 0. The Kier molecular flexibility index (Phi) is 5.86. The second kappa shape index (κ2) is 7.71. The molecule has 0 spiro atoms. The predicted molar refractivity (Wildman–Crippen MR) is 80.3 cm³/mol. The molecule has 0 bridgehead atoms. The molecule has 1 aliphatic heterocycles.